The van der Waals surface area contributed by atoms with Crippen LogP contribution in [0.2, 0.25) is 0 Å². The maximum absolute atomic E-state index is 12.8. The average Bonchev–Trinajstić information content (AvgIpc) is 3.10. The van der Waals surface area contributed by atoms with Gasteiger partial charge in [-0.15, -0.1) is 6.58 Å². The van der Waals surface area contributed by atoms with E-state index in [4.69, 9.17) is 9.84 Å². The monoisotopic (exact) mass is 436 g/mol. The highest BCUT2D eigenvalue weighted by molar-refractivity contribution is 5.88. The third-order valence-electron chi connectivity index (χ3n) is 5.50. The molecule has 1 aliphatic carbocycles. The molecule has 0 spiro atoms. The lowest BCUT2D eigenvalue weighted by Crippen LogP contribution is -2.50. The number of carbonyl (C=O) groups excluding carboxylic acids is 2. The minimum atomic E-state index is -1.13. The fourth-order valence-corrected chi connectivity index (χ4v) is 4.10. The zero-order chi connectivity index (χ0) is 23.1. The summed E-state index contributed by atoms with van der Waals surface area (Å²) in [7, 11) is 0. The number of hydrogen-bond donors (Lipinski definition) is 2. The molecular weight excluding hydrogens is 408 g/mol. The number of rotatable bonds is 10. The summed E-state index contributed by atoms with van der Waals surface area (Å²) < 4.78 is 5.53. The summed E-state index contributed by atoms with van der Waals surface area (Å²) in [6.07, 6.45) is 1.76. The Morgan fingerprint density at radius 2 is 1.72 bits per heavy atom. The van der Waals surface area contributed by atoms with Crippen LogP contribution in [0.3, 0.4) is 0 Å². The Kier molecular flexibility index (Phi) is 7.65. The van der Waals surface area contributed by atoms with Gasteiger partial charge in [0, 0.05) is 12.5 Å². The van der Waals surface area contributed by atoms with Crippen molar-refractivity contribution in [3.63, 3.8) is 0 Å². The van der Waals surface area contributed by atoms with Crippen LogP contribution < -0.4 is 5.32 Å². The van der Waals surface area contributed by atoms with Gasteiger partial charge in [0.15, 0.2) is 0 Å². The Hall–Kier alpha value is -3.61. The van der Waals surface area contributed by atoms with Crippen molar-refractivity contribution in [2.24, 2.45) is 0 Å². The zero-order valence-corrected chi connectivity index (χ0v) is 18.1. The van der Waals surface area contributed by atoms with Crippen molar-refractivity contribution >= 4 is 18.0 Å². The van der Waals surface area contributed by atoms with E-state index in [2.05, 4.69) is 24.0 Å². The number of benzene rings is 2. The Labute approximate surface area is 187 Å². The van der Waals surface area contributed by atoms with Gasteiger partial charge >= 0.3 is 12.1 Å². The topological polar surface area (TPSA) is 95.9 Å². The van der Waals surface area contributed by atoms with Gasteiger partial charge in [-0.2, -0.15) is 0 Å². The van der Waals surface area contributed by atoms with Gasteiger partial charge in [0.2, 0.25) is 5.91 Å². The summed E-state index contributed by atoms with van der Waals surface area (Å²) >= 11 is 0. The van der Waals surface area contributed by atoms with E-state index in [1.165, 1.54) is 6.08 Å². The van der Waals surface area contributed by atoms with E-state index in [1.54, 1.807) is 0 Å². The van der Waals surface area contributed by atoms with E-state index < -0.39 is 30.6 Å². The Morgan fingerprint density at radius 1 is 1.12 bits per heavy atom. The van der Waals surface area contributed by atoms with Crippen molar-refractivity contribution in [1.82, 2.24) is 10.2 Å². The van der Waals surface area contributed by atoms with Gasteiger partial charge in [-0.05, 0) is 28.7 Å². The smallest absolute Gasteiger partial charge is 0.407 e. The number of carboxylic acid groups (broad SMARTS) is 1. The predicted octanol–water partition coefficient (Wildman–Crippen LogP) is 3.79. The second kappa shape index (κ2) is 10.6. The van der Waals surface area contributed by atoms with Gasteiger partial charge in [-0.25, -0.2) is 4.79 Å². The van der Waals surface area contributed by atoms with Gasteiger partial charge in [0.05, 0.1) is 0 Å². The van der Waals surface area contributed by atoms with Gasteiger partial charge < -0.3 is 20.1 Å². The minimum Gasteiger partial charge on any atom is -0.480 e. The third-order valence-corrected chi connectivity index (χ3v) is 5.50. The number of nitrogens with one attached hydrogen (secondary N) is 1. The van der Waals surface area contributed by atoms with E-state index in [9.17, 15) is 14.4 Å². The summed E-state index contributed by atoms with van der Waals surface area (Å²) in [6, 6.07) is 15.2. The summed E-state index contributed by atoms with van der Waals surface area (Å²) in [5.74, 6) is -1.68. The lowest BCUT2D eigenvalue weighted by atomic mass is 9.98. The quantitative estimate of drug-likeness (QED) is 0.553. The van der Waals surface area contributed by atoms with Gasteiger partial charge in [-0.1, -0.05) is 68.0 Å². The molecule has 0 saturated heterocycles. The summed E-state index contributed by atoms with van der Waals surface area (Å²) in [5, 5.41) is 11.7. The largest absolute Gasteiger partial charge is 0.480 e. The van der Waals surface area contributed by atoms with E-state index in [0.717, 1.165) is 27.2 Å². The first-order chi connectivity index (χ1) is 15.5. The van der Waals surface area contributed by atoms with Crippen LogP contribution in [0.25, 0.3) is 11.1 Å². The first-order valence-corrected chi connectivity index (χ1v) is 10.7. The molecule has 2 aromatic carbocycles. The normalized spacial score (nSPS) is 12.9. The molecule has 1 unspecified atom stereocenters. The second-order valence-corrected chi connectivity index (χ2v) is 7.71. The molecule has 0 fully saturated rings. The fraction of sp³-hybridized carbons (Fsp3) is 0.320. The van der Waals surface area contributed by atoms with Crippen LogP contribution in [-0.4, -0.2) is 53.7 Å². The van der Waals surface area contributed by atoms with E-state index in [1.807, 2.05) is 43.3 Å². The number of carbonyl (C=O) groups is 3. The number of amides is 2. The lowest BCUT2D eigenvalue weighted by Gasteiger charge is -2.25. The van der Waals surface area contributed by atoms with Gasteiger partial charge in [0.25, 0.3) is 0 Å². The highest BCUT2D eigenvalue weighted by atomic mass is 16.5. The Morgan fingerprint density at radius 3 is 2.25 bits per heavy atom. The maximum atomic E-state index is 12.8. The van der Waals surface area contributed by atoms with E-state index >= 15 is 0 Å². The molecule has 168 valence electrons. The second-order valence-electron chi connectivity index (χ2n) is 7.71. The average molecular weight is 437 g/mol. The van der Waals surface area contributed by atoms with E-state index in [-0.39, 0.29) is 19.1 Å². The van der Waals surface area contributed by atoms with Crippen LogP contribution in [0.15, 0.2) is 61.2 Å². The highest BCUT2D eigenvalue weighted by Crippen LogP contribution is 2.44. The molecule has 7 nitrogen and oxygen atoms in total. The molecule has 0 aromatic heterocycles. The number of ether oxygens (including phenoxy) is 1. The van der Waals surface area contributed by atoms with Gasteiger partial charge in [-0.3, -0.25) is 9.59 Å². The van der Waals surface area contributed by atoms with Crippen LogP contribution in [0.5, 0.6) is 0 Å². The number of hydrogen-bond acceptors (Lipinski definition) is 4. The SMILES string of the molecule is C=CCN(CC(=O)O)C(=O)C(CCC)NC(=O)OCC1c2ccccc2-c2ccccc21. The summed E-state index contributed by atoms with van der Waals surface area (Å²) in [6.45, 7) is 5.21. The zero-order valence-electron chi connectivity index (χ0n) is 18.1. The first-order valence-electron chi connectivity index (χ1n) is 10.7. The van der Waals surface area contributed by atoms with Crippen molar-refractivity contribution in [3.05, 3.63) is 72.3 Å². The standard InChI is InChI=1S/C25H28N2O5/c1-3-9-22(24(30)27(14-4-2)15-23(28)29)26-25(31)32-16-21-19-12-7-5-10-17(19)18-11-6-8-13-20(18)21/h4-8,10-13,21-22H,2-3,9,14-16H2,1H3,(H,26,31)(H,28,29). The minimum absolute atomic E-state index is 0.0811. The van der Waals surface area contributed by atoms with Crippen LogP contribution in [-0.2, 0) is 14.3 Å². The number of aliphatic carboxylic acids is 1. The molecule has 0 heterocycles. The van der Waals surface area contributed by atoms with Crippen LogP contribution in [0, 0.1) is 0 Å². The summed E-state index contributed by atoms with van der Waals surface area (Å²) in [4.78, 5) is 37.7. The van der Waals surface area contributed by atoms with Crippen molar-refractivity contribution in [2.45, 2.75) is 31.7 Å². The fourth-order valence-electron chi connectivity index (χ4n) is 4.10. The van der Waals surface area contributed by atoms with Crippen LogP contribution >= 0.6 is 0 Å². The number of fused-ring (bicyclic) bond motifs is 3. The highest BCUT2D eigenvalue weighted by Gasteiger charge is 2.30. The van der Waals surface area contributed by atoms with Crippen LogP contribution in [0.1, 0.15) is 36.8 Å². The maximum Gasteiger partial charge on any atom is 0.407 e. The molecule has 0 saturated carbocycles. The molecule has 3 rings (SSSR count). The number of nitrogens with zero attached hydrogens (tertiary/aromatic N) is 1. The molecule has 32 heavy (non-hydrogen) atoms. The van der Waals surface area contributed by atoms with Crippen molar-refractivity contribution in [2.75, 3.05) is 19.7 Å². The molecule has 1 aliphatic rings. The van der Waals surface area contributed by atoms with Crippen molar-refractivity contribution < 1.29 is 24.2 Å². The molecular formula is C25H28N2O5. The Bertz CT molecular complexity index is 958. The molecule has 2 aromatic rings. The van der Waals surface area contributed by atoms with Crippen molar-refractivity contribution in [3.8, 4) is 11.1 Å². The molecule has 2 N–H and O–H groups in total. The summed E-state index contributed by atoms with van der Waals surface area (Å²) in [5.41, 5.74) is 4.46. The lowest BCUT2D eigenvalue weighted by molar-refractivity contribution is -0.144. The molecule has 0 aliphatic heterocycles. The molecule has 0 bridgehead atoms. The molecule has 7 heteroatoms. The van der Waals surface area contributed by atoms with Crippen molar-refractivity contribution in [1.29, 1.82) is 0 Å². The van der Waals surface area contributed by atoms with Gasteiger partial charge in [0.1, 0.15) is 19.2 Å². The molecule has 2 amide bonds. The number of carboxylic acids is 1. The third kappa shape index (κ3) is 5.17. The van der Waals surface area contributed by atoms with E-state index in [0.29, 0.717) is 12.8 Å². The predicted molar refractivity (Wildman–Crippen MR) is 121 cm³/mol. The van der Waals surface area contributed by atoms with Crippen LogP contribution in [0.4, 0.5) is 4.79 Å². The first kappa shape index (κ1) is 23.1. The Balaban J connectivity index is 1.68. The molecule has 1 atom stereocenters. The molecule has 0 radical (unpaired) electrons. The number of alkyl carbamates (subject to hydrolysis) is 1.